The van der Waals surface area contributed by atoms with Gasteiger partial charge in [-0.15, -0.1) is 0 Å². The molecule has 0 aromatic heterocycles. The summed E-state index contributed by atoms with van der Waals surface area (Å²) in [5.41, 5.74) is 0.120. The molecule has 2 fully saturated rings. The lowest BCUT2D eigenvalue weighted by molar-refractivity contribution is 0.00727. The van der Waals surface area contributed by atoms with Gasteiger partial charge in [0.15, 0.2) is 0 Å². The van der Waals surface area contributed by atoms with E-state index in [1.54, 1.807) is 0 Å². The van der Waals surface area contributed by atoms with Crippen molar-refractivity contribution in [2.45, 2.75) is 60.1 Å². The van der Waals surface area contributed by atoms with Crippen LogP contribution in [0.4, 0.5) is 4.79 Å². The quantitative estimate of drug-likeness (QED) is 0.804. The van der Waals surface area contributed by atoms with Crippen molar-refractivity contribution in [3.8, 4) is 0 Å². The van der Waals surface area contributed by atoms with Gasteiger partial charge in [0.05, 0.1) is 6.04 Å². The van der Waals surface area contributed by atoms with Gasteiger partial charge in [-0.1, -0.05) is 27.7 Å². The first-order valence-electron chi connectivity index (χ1n) is 7.69. The molecule has 1 heterocycles. The lowest BCUT2D eigenvalue weighted by Gasteiger charge is -2.38. The highest BCUT2D eigenvalue weighted by atomic mass is 16.6. The molecule has 1 amide bonds. The molecule has 1 unspecified atom stereocenters. The molecule has 2 rings (SSSR count). The van der Waals surface area contributed by atoms with Gasteiger partial charge in [-0.3, -0.25) is 0 Å². The minimum atomic E-state index is -0.429. The first-order valence-corrected chi connectivity index (χ1v) is 7.69. The summed E-state index contributed by atoms with van der Waals surface area (Å²) >= 11 is 0. The number of carbonyl (C=O) groups excluding carboxylic acids is 1. The normalized spacial score (nSPS) is 29.1. The van der Waals surface area contributed by atoms with Crippen LogP contribution in [0.2, 0.25) is 0 Å². The number of hydrogen-bond donors (Lipinski definition) is 1. The Morgan fingerprint density at radius 1 is 1.20 bits per heavy atom. The zero-order chi connectivity index (χ0) is 15.3. The molecular formula is C16H30N2O2. The first-order chi connectivity index (χ1) is 8.98. The Hall–Kier alpha value is -0.770. The third-order valence-corrected chi connectivity index (χ3v) is 5.43. The minimum Gasteiger partial charge on any atom is -0.444 e. The number of ether oxygens (including phenoxy) is 1. The molecule has 1 atom stereocenters. The second kappa shape index (κ2) is 4.62. The summed E-state index contributed by atoms with van der Waals surface area (Å²) in [4.78, 5) is 14.4. The summed E-state index contributed by atoms with van der Waals surface area (Å²) in [6.45, 7) is 17.5. The van der Waals surface area contributed by atoms with Crippen LogP contribution in [0.1, 0.15) is 48.5 Å². The van der Waals surface area contributed by atoms with E-state index in [9.17, 15) is 4.79 Å². The Kier molecular flexibility index (Phi) is 3.61. The first kappa shape index (κ1) is 15.6. The molecular weight excluding hydrogens is 252 g/mol. The summed E-state index contributed by atoms with van der Waals surface area (Å²) in [6.07, 6.45) is -0.164. The van der Waals surface area contributed by atoms with Gasteiger partial charge < -0.3 is 15.0 Å². The fourth-order valence-electron chi connectivity index (χ4n) is 3.78. The lowest BCUT2D eigenvalue weighted by Crippen LogP contribution is -2.56. The molecule has 4 heteroatoms. The van der Waals surface area contributed by atoms with Crippen LogP contribution in [0.15, 0.2) is 0 Å². The Balaban J connectivity index is 2.13. The fraction of sp³-hybridized carbons (Fsp3) is 0.938. The number of carbonyl (C=O) groups is 1. The van der Waals surface area contributed by atoms with Crippen LogP contribution in [0.25, 0.3) is 0 Å². The molecule has 1 aliphatic carbocycles. The van der Waals surface area contributed by atoms with Crippen molar-refractivity contribution < 1.29 is 9.53 Å². The number of nitrogens with one attached hydrogen (secondary N) is 1. The predicted octanol–water partition coefficient (Wildman–Crippen LogP) is 2.88. The zero-order valence-corrected chi connectivity index (χ0v) is 14.0. The van der Waals surface area contributed by atoms with E-state index in [-0.39, 0.29) is 23.0 Å². The van der Waals surface area contributed by atoms with Gasteiger partial charge in [0.1, 0.15) is 5.60 Å². The Bertz CT molecular complexity index is 382. The van der Waals surface area contributed by atoms with Crippen molar-refractivity contribution in [1.29, 1.82) is 0 Å². The lowest BCUT2D eigenvalue weighted by atomic mass is 10.0. The smallest absolute Gasteiger partial charge is 0.410 e. The van der Waals surface area contributed by atoms with E-state index in [0.29, 0.717) is 5.92 Å². The van der Waals surface area contributed by atoms with Gasteiger partial charge in [0.2, 0.25) is 0 Å². The molecule has 0 aromatic carbocycles. The maximum Gasteiger partial charge on any atom is 0.410 e. The third kappa shape index (κ3) is 2.54. The average Bonchev–Trinajstić information content (AvgIpc) is 2.67. The fourth-order valence-corrected chi connectivity index (χ4v) is 3.78. The summed E-state index contributed by atoms with van der Waals surface area (Å²) in [6, 6.07) is 0.239. The van der Waals surface area contributed by atoms with Gasteiger partial charge in [0.25, 0.3) is 0 Å². The Morgan fingerprint density at radius 3 is 2.20 bits per heavy atom. The third-order valence-electron chi connectivity index (χ3n) is 5.43. The van der Waals surface area contributed by atoms with Crippen LogP contribution in [-0.4, -0.2) is 42.3 Å². The topological polar surface area (TPSA) is 41.6 Å². The van der Waals surface area contributed by atoms with Gasteiger partial charge in [-0.05, 0) is 37.5 Å². The number of rotatable bonds is 1. The zero-order valence-electron chi connectivity index (χ0n) is 14.0. The molecule has 1 aliphatic heterocycles. The number of piperazine rings is 1. The highest BCUT2D eigenvalue weighted by Gasteiger charge is 2.68. The van der Waals surface area contributed by atoms with E-state index in [4.69, 9.17) is 4.74 Å². The maximum absolute atomic E-state index is 12.5. The molecule has 0 spiro atoms. The van der Waals surface area contributed by atoms with E-state index in [1.807, 2.05) is 25.7 Å². The molecule has 1 saturated carbocycles. The highest BCUT2D eigenvalue weighted by Crippen LogP contribution is 2.70. The van der Waals surface area contributed by atoms with Gasteiger partial charge in [-0.2, -0.15) is 0 Å². The van der Waals surface area contributed by atoms with E-state index < -0.39 is 5.60 Å². The summed E-state index contributed by atoms with van der Waals surface area (Å²) in [7, 11) is 0. The van der Waals surface area contributed by atoms with Gasteiger partial charge in [-0.25, -0.2) is 4.79 Å². The van der Waals surface area contributed by atoms with E-state index in [1.165, 1.54) is 0 Å². The van der Waals surface area contributed by atoms with Crippen molar-refractivity contribution in [3.05, 3.63) is 0 Å². The minimum absolute atomic E-state index is 0.164. The van der Waals surface area contributed by atoms with Crippen molar-refractivity contribution in [3.63, 3.8) is 0 Å². The standard InChI is InChI=1S/C16H30N2O2/c1-14(2,3)20-13(19)18-9-8-17-10-11(18)12-15(4,5)16(12,6)7/h11-12,17H,8-10H2,1-7H3. The van der Waals surface area contributed by atoms with Crippen molar-refractivity contribution in [1.82, 2.24) is 10.2 Å². The Labute approximate surface area is 123 Å². The van der Waals surface area contributed by atoms with Crippen LogP contribution >= 0.6 is 0 Å². The van der Waals surface area contributed by atoms with Crippen molar-refractivity contribution in [2.75, 3.05) is 19.6 Å². The molecule has 116 valence electrons. The van der Waals surface area contributed by atoms with Gasteiger partial charge >= 0.3 is 6.09 Å². The summed E-state index contributed by atoms with van der Waals surface area (Å²) < 4.78 is 5.58. The van der Waals surface area contributed by atoms with Crippen LogP contribution in [0.5, 0.6) is 0 Å². The second-order valence-electron chi connectivity index (χ2n) is 8.37. The number of amides is 1. The van der Waals surface area contributed by atoms with E-state index >= 15 is 0 Å². The van der Waals surface area contributed by atoms with Crippen LogP contribution in [-0.2, 0) is 4.74 Å². The van der Waals surface area contributed by atoms with Crippen LogP contribution in [0, 0.1) is 16.7 Å². The molecule has 1 N–H and O–H groups in total. The SMILES string of the molecule is CC(C)(C)OC(=O)N1CCNCC1C1C(C)(C)C1(C)C. The molecule has 2 aliphatic rings. The van der Waals surface area contributed by atoms with Gasteiger partial charge in [0, 0.05) is 19.6 Å². The molecule has 1 saturated heterocycles. The van der Waals surface area contributed by atoms with Crippen molar-refractivity contribution >= 4 is 6.09 Å². The number of hydrogen-bond acceptors (Lipinski definition) is 3. The van der Waals surface area contributed by atoms with Crippen molar-refractivity contribution in [2.24, 2.45) is 16.7 Å². The van der Waals surface area contributed by atoms with Crippen LogP contribution < -0.4 is 5.32 Å². The second-order valence-corrected chi connectivity index (χ2v) is 8.37. The molecule has 0 aromatic rings. The maximum atomic E-state index is 12.5. The summed E-state index contributed by atoms with van der Waals surface area (Å²) in [5.74, 6) is 0.523. The molecule has 0 bridgehead atoms. The monoisotopic (exact) mass is 282 g/mol. The molecule has 0 radical (unpaired) electrons. The predicted molar refractivity (Wildman–Crippen MR) is 80.6 cm³/mol. The molecule has 20 heavy (non-hydrogen) atoms. The molecule has 4 nitrogen and oxygen atoms in total. The van der Waals surface area contributed by atoms with E-state index in [2.05, 4.69) is 33.0 Å². The van der Waals surface area contributed by atoms with E-state index in [0.717, 1.165) is 19.6 Å². The Morgan fingerprint density at radius 2 is 1.75 bits per heavy atom. The summed E-state index contributed by atoms with van der Waals surface area (Å²) in [5, 5.41) is 3.43. The van der Waals surface area contributed by atoms with Crippen LogP contribution in [0.3, 0.4) is 0 Å². The largest absolute Gasteiger partial charge is 0.444 e. The number of nitrogens with zero attached hydrogens (tertiary/aromatic N) is 1. The highest BCUT2D eigenvalue weighted by molar-refractivity contribution is 5.69. The average molecular weight is 282 g/mol.